The van der Waals surface area contributed by atoms with Crippen molar-refractivity contribution in [2.45, 2.75) is 0 Å². The highest BCUT2D eigenvalue weighted by Crippen LogP contribution is 2.13. The van der Waals surface area contributed by atoms with E-state index in [1.807, 2.05) is 0 Å². The van der Waals surface area contributed by atoms with Gasteiger partial charge in [0.05, 0.1) is 0 Å². The maximum absolute atomic E-state index is 12.9. The first-order valence-electron chi connectivity index (χ1n) is 8.34. The number of ether oxygens (including phenoxy) is 1. The predicted molar refractivity (Wildman–Crippen MR) is 95.2 cm³/mol. The summed E-state index contributed by atoms with van der Waals surface area (Å²) < 4.78 is 18.2. The van der Waals surface area contributed by atoms with Crippen LogP contribution in [0.3, 0.4) is 0 Å². The van der Waals surface area contributed by atoms with Gasteiger partial charge in [-0.25, -0.2) is 4.39 Å². The fourth-order valence-corrected chi connectivity index (χ4v) is 2.78. The number of carbonyl (C=O) groups is 2. The summed E-state index contributed by atoms with van der Waals surface area (Å²) in [5, 5.41) is 0. The zero-order valence-corrected chi connectivity index (χ0v) is 14.2. The van der Waals surface area contributed by atoms with Crippen molar-refractivity contribution in [3.05, 3.63) is 59.9 Å². The van der Waals surface area contributed by atoms with Crippen molar-refractivity contribution in [2.75, 3.05) is 38.5 Å². The molecule has 0 bridgehead atoms. The van der Waals surface area contributed by atoms with Gasteiger partial charge in [-0.3, -0.25) is 9.59 Å². The van der Waals surface area contributed by atoms with E-state index in [1.165, 1.54) is 24.3 Å². The molecule has 3 rings (SSSR count). The second-order valence-electron chi connectivity index (χ2n) is 6.04. The van der Waals surface area contributed by atoms with E-state index in [2.05, 4.69) is 0 Å². The van der Waals surface area contributed by atoms with Crippen LogP contribution in [0.1, 0.15) is 10.4 Å². The average molecular weight is 357 g/mol. The lowest BCUT2D eigenvalue weighted by Gasteiger charge is -2.34. The van der Waals surface area contributed by atoms with Gasteiger partial charge >= 0.3 is 0 Å². The third-order valence-corrected chi connectivity index (χ3v) is 4.23. The summed E-state index contributed by atoms with van der Waals surface area (Å²) in [5.41, 5.74) is 6.81. The van der Waals surface area contributed by atoms with E-state index in [9.17, 15) is 14.0 Å². The zero-order chi connectivity index (χ0) is 18.5. The van der Waals surface area contributed by atoms with Crippen LogP contribution in [0.4, 0.5) is 10.1 Å². The fraction of sp³-hybridized carbons (Fsp3) is 0.263. The second-order valence-corrected chi connectivity index (χ2v) is 6.04. The highest BCUT2D eigenvalue weighted by molar-refractivity contribution is 5.95. The van der Waals surface area contributed by atoms with Gasteiger partial charge in [0.15, 0.2) is 6.61 Å². The second kappa shape index (κ2) is 7.86. The average Bonchev–Trinajstić information content (AvgIpc) is 2.67. The molecule has 0 aliphatic carbocycles. The van der Waals surface area contributed by atoms with Crippen LogP contribution in [0.2, 0.25) is 0 Å². The van der Waals surface area contributed by atoms with Gasteiger partial charge in [0, 0.05) is 37.4 Å². The summed E-state index contributed by atoms with van der Waals surface area (Å²) in [6.07, 6.45) is 0. The predicted octanol–water partition coefficient (Wildman–Crippen LogP) is 1.77. The lowest BCUT2D eigenvalue weighted by atomic mass is 10.1. The number of benzene rings is 2. The van der Waals surface area contributed by atoms with Crippen LogP contribution in [-0.2, 0) is 4.79 Å². The molecule has 26 heavy (non-hydrogen) atoms. The maximum atomic E-state index is 12.9. The Bertz CT molecular complexity index is 787. The maximum Gasteiger partial charge on any atom is 0.260 e. The minimum absolute atomic E-state index is 0.0908. The molecule has 0 atom stereocenters. The molecular formula is C19H20FN3O3. The molecule has 0 aromatic heterocycles. The summed E-state index contributed by atoms with van der Waals surface area (Å²) in [5.74, 6) is -0.169. The molecule has 1 aliphatic rings. The smallest absolute Gasteiger partial charge is 0.260 e. The number of nitrogen functional groups attached to an aromatic ring is 1. The Hall–Kier alpha value is -3.09. The van der Waals surface area contributed by atoms with Gasteiger partial charge < -0.3 is 20.3 Å². The standard InChI is InChI=1S/C19H20FN3O3/c20-15-4-6-17(7-5-15)26-13-18(24)22-8-10-23(11-9-22)19(25)14-2-1-3-16(21)12-14/h1-7,12H,8-11,13,21H2. The summed E-state index contributed by atoms with van der Waals surface area (Å²) in [6.45, 7) is 1.68. The Balaban J connectivity index is 1.49. The van der Waals surface area contributed by atoms with Gasteiger partial charge in [0.25, 0.3) is 11.8 Å². The molecule has 2 aromatic carbocycles. The molecule has 2 N–H and O–H groups in total. The van der Waals surface area contributed by atoms with Gasteiger partial charge in [0.1, 0.15) is 11.6 Å². The number of rotatable bonds is 4. The number of piperazine rings is 1. The number of nitrogens with zero attached hydrogens (tertiary/aromatic N) is 2. The number of hydrogen-bond acceptors (Lipinski definition) is 4. The lowest BCUT2D eigenvalue weighted by Crippen LogP contribution is -2.51. The molecule has 0 radical (unpaired) electrons. The first kappa shape index (κ1) is 17.7. The molecule has 0 saturated carbocycles. The quantitative estimate of drug-likeness (QED) is 0.846. The van der Waals surface area contributed by atoms with Crippen molar-refractivity contribution in [1.82, 2.24) is 9.80 Å². The topological polar surface area (TPSA) is 75.9 Å². The third kappa shape index (κ3) is 4.30. The van der Waals surface area contributed by atoms with Gasteiger partial charge in [-0.05, 0) is 42.5 Å². The van der Waals surface area contributed by atoms with E-state index in [0.29, 0.717) is 43.2 Å². The van der Waals surface area contributed by atoms with Crippen LogP contribution < -0.4 is 10.5 Å². The van der Waals surface area contributed by atoms with E-state index in [0.717, 1.165) is 0 Å². The summed E-state index contributed by atoms with van der Waals surface area (Å²) in [7, 11) is 0. The van der Waals surface area contributed by atoms with Gasteiger partial charge in [-0.15, -0.1) is 0 Å². The monoisotopic (exact) mass is 357 g/mol. The molecule has 1 heterocycles. The van der Waals surface area contributed by atoms with Gasteiger partial charge in [-0.1, -0.05) is 6.07 Å². The number of amides is 2. The van der Waals surface area contributed by atoms with Crippen molar-refractivity contribution in [2.24, 2.45) is 0 Å². The Kier molecular flexibility index (Phi) is 5.36. The highest BCUT2D eigenvalue weighted by Gasteiger charge is 2.25. The molecule has 1 aliphatic heterocycles. The minimum Gasteiger partial charge on any atom is -0.484 e. The van der Waals surface area contributed by atoms with Crippen molar-refractivity contribution in [1.29, 1.82) is 0 Å². The van der Waals surface area contributed by atoms with Gasteiger partial charge in [0.2, 0.25) is 0 Å². The molecule has 6 nitrogen and oxygen atoms in total. The van der Waals surface area contributed by atoms with E-state index < -0.39 is 0 Å². The van der Waals surface area contributed by atoms with E-state index in [4.69, 9.17) is 10.5 Å². The Morgan fingerprint density at radius 3 is 2.31 bits per heavy atom. The minimum atomic E-state index is -0.357. The van der Waals surface area contributed by atoms with E-state index in [-0.39, 0.29) is 24.2 Å². The molecule has 2 amide bonds. The summed E-state index contributed by atoms with van der Waals surface area (Å²) in [6, 6.07) is 12.4. The van der Waals surface area contributed by atoms with Crippen LogP contribution in [0.25, 0.3) is 0 Å². The molecule has 0 spiro atoms. The molecule has 1 saturated heterocycles. The number of carbonyl (C=O) groups excluding carboxylic acids is 2. The largest absolute Gasteiger partial charge is 0.484 e. The first-order chi connectivity index (χ1) is 12.5. The molecular weight excluding hydrogens is 337 g/mol. The molecule has 7 heteroatoms. The zero-order valence-electron chi connectivity index (χ0n) is 14.2. The normalized spacial score (nSPS) is 14.2. The number of hydrogen-bond donors (Lipinski definition) is 1. The van der Waals surface area contributed by atoms with Crippen LogP contribution in [-0.4, -0.2) is 54.4 Å². The van der Waals surface area contributed by atoms with Crippen LogP contribution in [0, 0.1) is 5.82 Å². The van der Waals surface area contributed by atoms with E-state index >= 15 is 0 Å². The third-order valence-electron chi connectivity index (χ3n) is 4.23. The van der Waals surface area contributed by atoms with Crippen LogP contribution in [0.5, 0.6) is 5.75 Å². The molecule has 1 fully saturated rings. The number of nitrogens with two attached hydrogens (primary N) is 1. The Morgan fingerprint density at radius 2 is 1.65 bits per heavy atom. The highest BCUT2D eigenvalue weighted by atomic mass is 19.1. The SMILES string of the molecule is Nc1cccc(C(=O)N2CCN(C(=O)COc3ccc(F)cc3)CC2)c1. The fourth-order valence-electron chi connectivity index (χ4n) is 2.78. The molecule has 0 unspecified atom stereocenters. The van der Waals surface area contributed by atoms with Gasteiger partial charge in [-0.2, -0.15) is 0 Å². The molecule has 136 valence electrons. The van der Waals surface area contributed by atoms with Crippen molar-refractivity contribution >= 4 is 17.5 Å². The number of halogens is 1. The summed E-state index contributed by atoms with van der Waals surface area (Å²) in [4.78, 5) is 28.1. The lowest BCUT2D eigenvalue weighted by molar-refractivity contribution is -0.134. The van der Waals surface area contributed by atoms with E-state index in [1.54, 1.807) is 34.1 Å². The number of anilines is 1. The van der Waals surface area contributed by atoms with Crippen LogP contribution >= 0.6 is 0 Å². The summed E-state index contributed by atoms with van der Waals surface area (Å²) >= 11 is 0. The van der Waals surface area contributed by atoms with Crippen LogP contribution in [0.15, 0.2) is 48.5 Å². The van der Waals surface area contributed by atoms with Crippen molar-refractivity contribution in [3.63, 3.8) is 0 Å². The Morgan fingerprint density at radius 1 is 1.00 bits per heavy atom. The Labute approximate surface area is 150 Å². The van der Waals surface area contributed by atoms with Crippen molar-refractivity contribution < 1.29 is 18.7 Å². The molecule has 2 aromatic rings. The van der Waals surface area contributed by atoms with Crippen molar-refractivity contribution in [3.8, 4) is 5.75 Å². The first-order valence-corrected chi connectivity index (χ1v) is 8.34.